The lowest BCUT2D eigenvalue weighted by molar-refractivity contribution is -0.122. The Bertz CT molecular complexity index is 674. The van der Waals surface area contributed by atoms with Crippen LogP contribution in [0.2, 0.25) is 0 Å². The summed E-state index contributed by atoms with van der Waals surface area (Å²) in [5.74, 6) is 0.205. The first-order chi connectivity index (χ1) is 11.2. The van der Waals surface area contributed by atoms with Crippen LogP contribution in [0.4, 0.5) is 5.69 Å². The van der Waals surface area contributed by atoms with Crippen molar-refractivity contribution in [3.8, 4) is 0 Å². The van der Waals surface area contributed by atoms with Gasteiger partial charge in [-0.05, 0) is 54.2 Å². The maximum atomic E-state index is 12.1. The van der Waals surface area contributed by atoms with Crippen molar-refractivity contribution in [3.63, 3.8) is 0 Å². The third kappa shape index (κ3) is 4.25. The molecule has 0 radical (unpaired) electrons. The Hall–Kier alpha value is -2.03. The first-order valence-electron chi connectivity index (χ1n) is 8.79. The van der Waals surface area contributed by atoms with Crippen LogP contribution in [0, 0.1) is 0 Å². The molecule has 0 aliphatic heterocycles. The molecule has 0 aromatic heterocycles. The Labute approximate surface area is 138 Å². The number of aryl methyl sites for hydroxylation is 1. The molecule has 1 aliphatic carbocycles. The molecule has 3 N–H and O–H groups in total. The fraction of sp³-hybridized carbons (Fsp3) is 0.450. The number of nitrogens with one attached hydrogen (secondary N) is 1. The van der Waals surface area contributed by atoms with Gasteiger partial charge in [-0.15, -0.1) is 0 Å². The monoisotopic (exact) mass is 310 g/mol. The van der Waals surface area contributed by atoms with E-state index in [0.29, 0.717) is 12.5 Å². The molecular formula is C20H26N2O. The quantitative estimate of drug-likeness (QED) is 0.813. The molecule has 1 amide bonds. The van der Waals surface area contributed by atoms with Crippen LogP contribution in [0.3, 0.4) is 0 Å². The van der Waals surface area contributed by atoms with Crippen LogP contribution in [0.25, 0.3) is 10.8 Å². The maximum absolute atomic E-state index is 12.1. The molecule has 0 bridgehead atoms. The zero-order valence-corrected chi connectivity index (χ0v) is 13.7. The second-order valence-electron chi connectivity index (χ2n) is 6.65. The first-order valence-corrected chi connectivity index (χ1v) is 8.79. The van der Waals surface area contributed by atoms with E-state index in [4.69, 9.17) is 5.73 Å². The number of rotatable bonds is 5. The van der Waals surface area contributed by atoms with Crippen molar-refractivity contribution < 1.29 is 4.79 Å². The Morgan fingerprint density at radius 2 is 1.96 bits per heavy atom. The summed E-state index contributed by atoms with van der Waals surface area (Å²) in [5.41, 5.74) is 7.98. The lowest BCUT2D eigenvalue weighted by Gasteiger charge is -2.22. The van der Waals surface area contributed by atoms with Crippen molar-refractivity contribution in [1.82, 2.24) is 5.32 Å². The highest BCUT2D eigenvalue weighted by molar-refractivity contribution is 5.88. The maximum Gasteiger partial charge on any atom is 0.220 e. The number of carbonyl (C=O) groups excluding carboxylic acids is 1. The van der Waals surface area contributed by atoms with E-state index < -0.39 is 0 Å². The number of amides is 1. The van der Waals surface area contributed by atoms with Crippen molar-refractivity contribution in [2.75, 3.05) is 5.73 Å². The summed E-state index contributed by atoms with van der Waals surface area (Å²) in [6.45, 7) is 0. The van der Waals surface area contributed by atoms with Crippen molar-refractivity contribution in [2.45, 2.75) is 57.4 Å². The van der Waals surface area contributed by atoms with Crippen LogP contribution in [0.15, 0.2) is 36.4 Å². The molecule has 1 saturated carbocycles. The summed E-state index contributed by atoms with van der Waals surface area (Å²) in [6.07, 6.45) is 8.52. The van der Waals surface area contributed by atoms with E-state index in [1.807, 2.05) is 12.1 Å². The zero-order valence-electron chi connectivity index (χ0n) is 13.7. The largest absolute Gasteiger partial charge is 0.399 e. The van der Waals surface area contributed by atoms with Crippen LogP contribution in [-0.2, 0) is 11.2 Å². The summed E-state index contributed by atoms with van der Waals surface area (Å²) in [6, 6.07) is 12.8. The lowest BCUT2D eigenvalue weighted by Crippen LogP contribution is -2.36. The first kappa shape index (κ1) is 15.9. The Balaban J connectivity index is 1.54. The number of fused-ring (bicyclic) bond motifs is 1. The number of nitrogens with two attached hydrogens (primary N) is 1. The van der Waals surface area contributed by atoms with Crippen molar-refractivity contribution in [1.29, 1.82) is 0 Å². The number of anilines is 1. The van der Waals surface area contributed by atoms with E-state index in [1.54, 1.807) is 0 Å². The Morgan fingerprint density at radius 3 is 2.78 bits per heavy atom. The molecular weight excluding hydrogens is 284 g/mol. The summed E-state index contributed by atoms with van der Waals surface area (Å²) < 4.78 is 0. The zero-order chi connectivity index (χ0) is 16.1. The van der Waals surface area contributed by atoms with Gasteiger partial charge in [0, 0.05) is 18.2 Å². The van der Waals surface area contributed by atoms with Gasteiger partial charge in [0.05, 0.1) is 0 Å². The molecule has 3 nitrogen and oxygen atoms in total. The minimum Gasteiger partial charge on any atom is -0.399 e. The topological polar surface area (TPSA) is 55.1 Å². The van der Waals surface area contributed by atoms with Gasteiger partial charge in [-0.3, -0.25) is 4.79 Å². The normalized spacial score (nSPS) is 15.7. The molecule has 0 saturated heterocycles. The third-order valence-electron chi connectivity index (χ3n) is 4.82. The molecule has 0 atom stereocenters. The van der Waals surface area contributed by atoms with Gasteiger partial charge in [0.15, 0.2) is 0 Å². The minimum absolute atomic E-state index is 0.205. The van der Waals surface area contributed by atoms with Crippen LogP contribution in [0.1, 0.15) is 50.5 Å². The molecule has 23 heavy (non-hydrogen) atoms. The average Bonchev–Trinajstić information content (AvgIpc) is 2.56. The van der Waals surface area contributed by atoms with Gasteiger partial charge in [0.1, 0.15) is 0 Å². The molecule has 1 fully saturated rings. The molecule has 0 spiro atoms. The molecule has 3 rings (SSSR count). The van der Waals surface area contributed by atoms with E-state index in [1.165, 1.54) is 35.6 Å². The van der Waals surface area contributed by atoms with E-state index in [-0.39, 0.29) is 5.91 Å². The van der Waals surface area contributed by atoms with E-state index >= 15 is 0 Å². The summed E-state index contributed by atoms with van der Waals surface area (Å²) >= 11 is 0. The van der Waals surface area contributed by atoms with Gasteiger partial charge >= 0.3 is 0 Å². The molecule has 2 aromatic rings. The fourth-order valence-electron chi connectivity index (χ4n) is 3.56. The lowest BCUT2D eigenvalue weighted by atomic mass is 9.95. The molecule has 122 valence electrons. The van der Waals surface area contributed by atoms with Gasteiger partial charge in [-0.25, -0.2) is 0 Å². The highest BCUT2D eigenvalue weighted by Crippen LogP contribution is 2.23. The summed E-state index contributed by atoms with van der Waals surface area (Å²) in [7, 11) is 0. The van der Waals surface area contributed by atoms with Gasteiger partial charge in [0.2, 0.25) is 5.91 Å². The summed E-state index contributed by atoms with van der Waals surface area (Å²) in [5, 5.41) is 5.61. The number of hydrogen-bond acceptors (Lipinski definition) is 2. The van der Waals surface area contributed by atoms with Crippen LogP contribution in [0.5, 0.6) is 0 Å². The second kappa shape index (κ2) is 7.49. The molecule has 3 heteroatoms. The van der Waals surface area contributed by atoms with Crippen molar-refractivity contribution in [2.24, 2.45) is 0 Å². The van der Waals surface area contributed by atoms with Gasteiger partial charge in [-0.1, -0.05) is 43.5 Å². The fourth-order valence-corrected chi connectivity index (χ4v) is 3.56. The Kier molecular flexibility index (Phi) is 5.16. The van der Waals surface area contributed by atoms with Crippen molar-refractivity contribution in [3.05, 3.63) is 42.0 Å². The Morgan fingerprint density at radius 1 is 1.13 bits per heavy atom. The number of nitrogen functional groups attached to an aromatic ring is 1. The van der Waals surface area contributed by atoms with Crippen LogP contribution in [-0.4, -0.2) is 11.9 Å². The van der Waals surface area contributed by atoms with Gasteiger partial charge in [-0.2, -0.15) is 0 Å². The highest BCUT2D eigenvalue weighted by atomic mass is 16.1. The van der Waals surface area contributed by atoms with Gasteiger partial charge < -0.3 is 11.1 Å². The summed E-state index contributed by atoms with van der Waals surface area (Å²) in [4.78, 5) is 12.1. The van der Waals surface area contributed by atoms with Gasteiger partial charge in [0.25, 0.3) is 0 Å². The molecule has 2 aromatic carbocycles. The van der Waals surface area contributed by atoms with E-state index in [0.717, 1.165) is 31.4 Å². The van der Waals surface area contributed by atoms with Crippen LogP contribution < -0.4 is 11.1 Å². The molecule has 0 heterocycles. The average molecular weight is 310 g/mol. The molecule has 1 aliphatic rings. The highest BCUT2D eigenvalue weighted by Gasteiger charge is 2.15. The van der Waals surface area contributed by atoms with E-state index in [9.17, 15) is 4.79 Å². The SMILES string of the molecule is Nc1ccc2cccc(CCCC(=O)NC3CCCCC3)c2c1. The number of hydrogen-bond donors (Lipinski definition) is 2. The number of benzene rings is 2. The predicted octanol–water partition coefficient (Wildman–Crippen LogP) is 4.19. The molecule has 0 unspecified atom stereocenters. The predicted molar refractivity (Wildman–Crippen MR) is 96.3 cm³/mol. The van der Waals surface area contributed by atoms with Crippen LogP contribution >= 0.6 is 0 Å². The minimum atomic E-state index is 0.205. The smallest absolute Gasteiger partial charge is 0.220 e. The number of carbonyl (C=O) groups is 1. The van der Waals surface area contributed by atoms with E-state index in [2.05, 4.69) is 29.6 Å². The van der Waals surface area contributed by atoms with Crippen molar-refractivity contribution >= 4 is 22.4 Å². The second-order valence-corrected chi connectivity index (χ2v) is 6.65. The third-order valence-corrected chi connectivity index (χ3v) is 4.82. The standard InChI is InChI=1S/C20H26N2O/c21-17-13-12-16-7-4-6-15(19(16)14-17)8-5-11-20(23)22-18-9-2-1-3-10-18/h4,6-7,12-14,18H,1-3,5,8-11,21H2,(H,22,23).